The normalized spacial score (nSPS) is 15.6. The zero-order valence-electron chi connectivity index (χ0n) is 10.8. The number of halogens is 3. The number of nitrogens with one attached hydrogen (secondary N) is 1. The molecule has 1 N–H and O–H groups in total. The summed E-state index contributed by atoms with van der Waals surface area (Å²) in [6.07, 6.45) is -4.81. The molecule has 2 nitrogen and oxygen atoms in total. The van der Waals surface area contributed by atoms with Crippen molar-refractivity contribution in [2.75, 3.05) is 27.2 Å². The standard InChI is InChI=1S/C11H23F3N2/c1-9(15-4)10(2,3)8-16(5)7-6-11(12,13)14/h9,15H,6-8H2,1-5H3. The van der Waals surface area contributed by atoms with E-state index in [0.29, 0.717) is 6.54 Å². The molecule has 0 heterocycles. The predicted molar refractivity (Wildman–Crippen MR) is 60.5 cm³/mol. The van der Waals surface area contributed by atoms with E-state index in [1.165, 1.54) is 0 Å². The molecule has 0 spiro atoms. The van der Waals surface area contributed by atoms with Crippen LogP contribution in [-0.2, 0) is 0 Å². The van der Waals surface area contributed by atoms with E-state index in [1.807, 2.05) is 14.0 Å². The first-order chi connectivity index (χ1) is 7.08. The van der Waals surface area contributed by atoms with Crippen LogP contribution in [0.15, 0.2) is 0 Å². The quantitative estimate of drug-likeness (QED) is 0.767. The highest BCUT2D eigenvalue weighted by atomic mass is 19.4. The van der Waals surface area contributed by atoms with E-state index in [0.717, 1.165) is 0 Å². The lowest BCUT2D eigenvalue weighted by Crippen LogP contribution is -2.45. The summed E-state index contributed by atoms with van der Waals surface area (Å²) in [5.41, 5.74) is -0.0465. The summed E-state index contributed by atoms with van der Waals surface area (Å²) in [4.78, 5) is 1.74. The van der Waals surface area contributed by atoms with Crippen molar-refractivity contribution in [3.63, 3.8) is 0 Å². The third kappa shape index (κ3) is 6.33. The van der Waals surface area contributed by atoms with Gasteiger partial charge in [-0.05, 0) is 26.4 Å². The topological polar surface area (TPSA) is 15.3 Å². The average Bonchev–Trinajstić information content (AvgIpc) is 2.11. The smallest absolute Gasteiger partial charge is 0.317 e. The summed E-state index contributed by atoms with van der Waals surface area (Å²) in [6, 6.07) is 0.265. The molecular formula is C11H23F3N2. The first kappa shape index (κ1) is 15.7. The minimum absolute atomic E-state index is 0.0465. The molecule has 16 heavy (non-hydrogen) atoms. The van der Waals surface area contributed by atoms with E-state index >= 15 is 0 Å². The molecule has 0 aromatic heterocycles. The van der Waals surface area contributed by atoms with Crippen molar-refractivity contribution in [1.29, 1.82) is 0 Å². The molecule has 0 aromatic carbocycles. The van der Waals surface area contributed by atoms with Gasteiger partial charge in [0.25, 0.3) is 0 Å². The second kappa shape index (κ2) is 5.87. The van der Waals surface area contributed by atoms with Gasteiger partial charge in [-0.25, -0.2) is 0 Å². The van der Waals surface area contributed by atoms with Crippen molar-refractivity contribution >= 4 is 0 Å². The second-order valence-corrected chi connectivity index (χ2v) is 5.10. The SMILES string of the molecule is CNC(C)C(C)(C)CN(C)CCC(F)(F)F. The summed E-state index contributed by atoms with van der Waals surface area (Å²) in [6.45, 7) is 6.85. The van der Waals surface area contributed by atoms with Gasteiger partial charge in [-0.2, -0.15) is 13.2 Å². The van der Waals surface area contributed by atoms with Gasteiger partial charge in [0.2, 0.25) is 0 Å². The monoisotopic (exact) mass is 240 g/mol. The molecule has 98 valence electrons. The highest BCUT2D eigenvalue weighted by Crippen LogP contribution is 2.23. The molecule has 0 rings (SSSR count). The number of hydrogen-bond acceptors (Lipinski definition) is 2. The van der Waals surface area contributed by atoms with Crippen molar-refractivity contribution in [1.82, 2.24) is 10.2 Å². The fourth-order valence-electron chi connectivity index (χ4n) is 1.62. The van der Waals surface area contributed by atoms with Gasteiger partial charge in [-0.1, -0.05) is 13.8 Å². The van der Waals surface area contributed by atoms with Gasteiger partial charge in [0, 0.05) is 19.1 Å². The first-order valence-corrected chi connectivity index (χ1v) is 5.51. The van der Waals surface area contributed by atoms with E-state index in [-0.39, 0.29) is 18.0 Å². The van der Waals surface area contributed by atoms with E-state index in [9.17, 15) is 13.2 Å². The van der Waals surface area contributed by atoms with Crippen LogP contribution in [0.1, 0.15) is 27.2 Å². The fourth-order valence-corrected chi connectivity index (χ4v) is 1.62. The van der Waals surface area contributed by atoms with E-state index < -0.39 is 12.6 Å². The number of nitrogens with zero attached hydrogens (tertiary/aromatic N) is 1. The highest BCUT2D eigenvalue weighted by molar-refractivity contribution is 4.82. The summed E-state index contributed by atoms with van der Waals surface area (Å²) in [5, 5.41) is 3.13. The van der Waals surface area contributed by atoms with Crippen LogP contribution in [0.4, 0.5) is 13.2 Å². The molecule has 0 saturated heterocycles. The van der Waals surface area contributed by atoms with Crippen molar-refractivity contribution in [2.24, 2.45) is 5.41 Å². The zero-order chi connectivity index (χ0) is 13.0. The summed E-state index contributed by atoms with van der Waals surface area (Å²) in [5.74, 6) is 0. The minimum atomic E-state index is -4.06. The van der Waals surface area contributed by atoms with Crippen LogP contribution in [0, 0.1) is 5.41 Å². The Balaban J connectivity index is 4.08. The highest BCUT2D eigenvalue weighted by Gasteiger charge is 2.30. The molecule has 0 saturated carbocycles. The van der Waals surface area contributed by atoms with Crippen LogP contribution in [0.5, 0.6) is 0 Å². The average molecular weight is 240 g/mol. The lowest BCUT2D eigenvalue weighted by molar-refractivity contribution is -0.138. The maximum absolute atomic E-state index is 12.0. The third-order valence-corrected chi connectivity index (χ3v) is 3.06. The van der Waals surface area contributed by atoms with Crippen LogP contribution in [0.25, 0.3) is 0 Å². The third-order valence-electron chi connectivity index (χ3n) is 3.06. The Morgan fingerprint density at radius 2 is 1.75 bits per heavy atom. The maximum Gasteiger partial charge on any atom is 0.390 e. The van der Waals surface area contributed by atoms with Crippen molar-refractivity contribution in [2.45, 2.75) is 39.4 Å². The molecular weight excluding hydrogens is 217 g/mol. The molecule has 1 unspecified atom stereocenters. The summed E-state index contributed by atoms with van der Waals surface area (Å²) >= 11 is 0. The molecule has 0 aliphatic heterocycles. The lowest BCUT2D eigenvalue weighted by Gasteiger charge is -2.35. The molecule has 0 amide bonds. The molecule has 0 aliphatic rings. The van der Waals surface area contributed by atoms with Gasteiger partial charge in [0.15, 0.2) is 0 Å². The maximum atomic E-state index is 12.0. The fraction of sp³-hybridized carbons (Fsp3) is 1.00. The Bertz CT molecular complexity index is 202. The minimum Gasteiger partial charge on any atom is -0.317 e. The molecule has 5 heteroatoms. The molecule has 0 bridgehead atoms. The van der Waals surface area contributed by atoms with Crippen LogP contribution in [-0.4, -0.2) is 44.3 Å². The zero-order valence-corrected chi connectivity index (χ0v) is 10.8. The van der Waals surface area contributed by atoms with Gasteiger partial charge in [-0.3, -0.25) is 0 Å². The first-order valence-electron chi connectivity index (χ1n) is 5.51. The second-order valence-electron chi connectivity index (χ2n) is 5.10. The van der Waals surface area contributed by atoms with Crippen LogP contribution in [0.2, 0.25) is 0 Å². The van der Waals surface area contributed by atoms with Crippen LogP contribution >= 0.6 is 0 Å². The van der Waals surface area contributed by atoms with Gasteiger partial charge in [-0.15, -0.1) is 0 Å². The Morgan fingerprint density at radius 1 is 1.25 bits per heavy atom. The molecule has 1 atom stereocenters. The Morgan fingerprint density at radius 3 is 2.12 bits per heavy atom. The Hall–Kier alpha value is -0.290. The van der Waals surface area contributed by atoms with Crippen LogP contribution in [0.3, 0.4) is 0 Å². The van der Waals surface area contributed by atoms with Gasteiger partial charge < -0.3 is 10.2 Å². The predicted octanol–water partition coefficient (Wildman–Crippen LogP) is 2.50. The Kier molecular flexibility index (Phi) is 5.76. The largest absolute Gasteiger partial charge is 0.390 e. The number of hydrogen-bond donors (Lipinski definition) is 1. The van der Waals surface area contributed by atoms with E-state index in [1.54, 1.807) is 11.9 Å². The molecule has 0 fully saturated rings. The molecule has 0 aliphatic carbocycles. The van der Waals surface area contributed by atoms with Crippen molar-refractivity contribution in [3.05, 3.63) is 0 Å². The Labute approximate surface area is 96.2 Å². The van der Waals surface area contributed by atoms with Crippen molar-refractivity contribution in [3.8, 4) is 0 Å². The molecule has 0 aromatic rings. The van der Waals surface area contributed by atoms with Gasteiger partial charge >= 0.3 is 6.18 Å². The molecule has 0 radical (unpaired) electrons. The van der Waals surface area contributed by atoms with E-state index in [4.69, 9.17) is 0 Å². The van der Waals surface area contributed by atoms with E-state index in [2.05, 4.69) is 19.2 Å². The summed E-state index contributed by atoms with van der Waals surface area (Å²) in [7, 11) is 3.60. The summed E-state index contributed by atoms with van der Waals surface area (Å²) < 4.78 is 36.1. The number of rotatable bonds is 6. The van der Waals surface area contributed by atoms with Crippen LogP contribution < -0.4 is 5.32 Å². The van der Waals surface area contributed by atoms with Gasteiger partial charge in [0.1, 0.15) is 0 Å². The van der Waals surface area contributed by atoms with Gasteiger partial charge in [0.05, 0.1) is 6.42 Å². The van der Waals surface area contributed by atoms with Crippen molar-refractivity contribution < 1.29 is 13.2 Å². The number of alkyl halides is 3. The lowest BCUT2D eigenvalue weighted by atomic mass is 9.85.